The first-order valence-electron chi connectivity index (χ1n) is 6.01. The van der Waals surface area contributed by atoms with Crippen molar-refractivity contribution < 1.29 is 15.0 Å². The summed E-state index contributed by atoms with van der Waals surface area (Å²) in [5.74, 6) is -1.11. The molecule has 5 nitrogen and oxygen atoms in total. The van der Waals surface area contributed by atoms with E-state index in [2.05, 4.69) is 5.32 Å². The zero-order valence-corrected chi connectivity index (χ0v) is 11.8. The molecule has 0 fully saturated rings. The summed E-state index contributed by atoms with van der Waals surface area (Å²) in [6, 6.07) is 3.43. The molecule has 0 heterocycles. The van der Waals surface area contributed by atoms with E-state index in [0.717, 1.165) is 13.0 Å². The number of phenolic OH excluding ortho intramolecular Hbond substituents is 1. The van der Waals surface area contributed by atoms with Crippen molar-refractivity contribution in [3.05, 3.63) is 28.8 Å². The highest BCUT2D eigenvalue weighted by atomic mass is 35.5. The summed E-state index contributed by atoms with van der Waals surface area (Å²) < 4.78 is 0. The van der Waals surface area contributed by atoms with E-state index in [-0.39, 0.29) is 11.3 Å². The number of rotatable bonds is 7. The topological polar surface area (TPSA) is 72.8 Å². The van der Waals surface area contributed by atoms with Gasteiger partial charge in [-0.1, -0.05) is 11.6 Å². The number of benzene rings is 1. The highest BCUT2D eigenvalue weighted by Crippen LogP contribution is 2.27. The smallest absolute Gasteiger partial charge is 0.325 e. The van der Waals surface area contributed by atoms with Crippen LogP contribution in [0.4, 0.5) is 0 Å². The third-order valence-corrected chi connectivity index (χ3v) is 2.91. The normalized spacial score (nSPS) is 12.6. The third kappa shape index (κ3) is 5.06. The fourth-order valence-corrected chi connectivity index (χ4v) is 1.91. The molecule has 106 valence electrons. The number of carboxylic acids is 1. The van der Waals surface area contributed by atoms with Gasteiger partial charge in [0.15, 0.2) is 0 Å². The van der Waals surface area contributed by atoms with Crippen molar-refractivity contribution in [2.75, 3.05) is 27.2 Å². The Labute approximate surface area is 117 Å². The SMILES string of the molecule is CN(C)CCCNC(C(=O)O)c1cc(Cl)ccc1O. The Bertz CT molecular complexity index is 438. The highest BCUT2D eigenvalue weighted by molar-refractivity contribution is 6.30. The molecule has 1 aromatic rings. The Hall–Kier alpha value is -1.30. The van der Waals surface area contributed by atoms with E-state index in [1.807, 2.05) is 19.0 Å². The first-order valence-corrected chi connectivity index (χ1v) is 6.39. The molecule has 0 saturated heterocycles. The molecule has 3 N–H and O–H groups in total. The number of phenols is 1. The van der Waals surface area contributed by atoms with Crippen LogP contribution >= 0.6 is 11.6 Å². The number of carbonyl (C=O) groups is 1. The van der Waals surface area contributed by atoms with Gasteiger partial charge in [0.2, 0.25) is 0 Å². The van der Waals surface area contributed by atoms with E-state index >= 15 is 0 Å². The summed E-state index contributed by atoms with van der Waals surface area (Å²) in [5.41, 5.74) is 0.282. The van der Waals surface area contributed by atoms with Gasteiger partial charge in [-0.3, -0.25) is 4.79 Å². The number of nitrogens with zero attached hydrogens (tertiary/aromatic N) is 1. The van der Waals surface area contributed by atoms with Gasteiger partial charge in [0, 0.05) is 10.6 Å². The Morgan fingerprint density at radius 2 is 2.16 bits per heavy atom. The number of halogens is 1. The molecule has 1 aromatic carbocycles. The third-order valence-electron chi connectivity index (χ3n) is 2.68. The molecule has 0 saturated carbocycles. The number of hydrogen-bond donors (Lipinski definition) is 3. The molecular weight excluding hydrogens is 268 g/mol. The molecular formula is C13H19ClN2O3. The number of carboxylic acid groups (broad SMARTS) is 1. The second-order valence-electron chi connectivity index (χ2n) is 4.59. The van der Waals surface area contributed by atoms with E-state index < -0.39 is 12.0 Å². The van der Waals surface area contributed by atoms with Crippen LogP contribution in [0.25, 0.3) is 0 Å². The first kappa shape index (κ1) is 15.8. The van der Waals surface area contributed by atoms with Crippen LogP contribution in [0.1, 0.15) is 18.0 Å². The lowest BCUT2D eigenvalue weighted by molar-refractivity contribution is -0.139. The zero-order valence-electron chi connectivity index (χ0n) is 11.1. The van der Waals surface area contributed by atoms with Crippen molar-refractivity contribution >= 4 is 17.6 Å². The van der Waals surface area contributed by atoms with Crippen LogP contribution in [-0.4, -0.2) is 48.3 Å². The Kier molecular flexibility index (Phi) is 6.08. The van der Waals surface area contributed by atoms with Crippen molar-refractivity contribution in [2.24, 2.45) is 0 Å². The van der Waals surface area contributed by atoms with Gasteiger partial charge in [0.1, 0.15) is 11.8 Å². The molecule has 0 radical (unpaired) electrons. The lowest BCUT2D eigenvalue weighted by Gasteiger charge is -2.17. The summed E-state index contributed by atoms with van der Waals surface area (Å²) in [7, 11) is 3.91. The minimum Gasteiger partial charge on any atom is -0.508 e. The van der Waals surface area contributed by atoms with Crippen molar-refractivity contribution in [3.8, 4) is 5.75 Å². The molecule has 19 heavy (non-hydrogen) atoms. The fraction of sp³-hybridized carbons (Fsp3) is 0.462. The average Bonchev–Trinajstić information content (AvgIpc) is 2.32. The van der Waals surface area contributed by atoms with Gasteiger partial charge in [-0.25, -0.2) is 0 Å². The van der Waals surface area contributed by atoms with Crippen molar-refractivity contribution in [1.82, 2.24) is 10.2 Å². The maximum absolute atomic E-state index is 11.3. The van der Waals surface area contributed by atoms with E-state index in [0.29, 0.717) is 11.6 Å². The summed E-state index contributed by atoms with van der Waals surface area (Å²) in [5, 5.41) is 22.3. The largest absolute Gasteiger partial charge is 0.508 e. The molecule has 0 spiro atoms. The van der Waals surface area contributed by atoms with Crippen LogP contribution in [0.2, 0.25) is 5.02 Å². The van der Waals surface area contributed by atoms with Crippen molar-refractivity contribution in [1.29, 1.82) is 0 Å². The van der Waals surface area contributed by atoms with Gasteiger partial charge in [0.25, 0.3) is 0 Å². The molecule has 6 heteroatoms. The molecule has 0 aliphatic rings. The summed E-state index contributed by atoms with van der Waals surface area (Å²) in [6.45, 7) is 1.40. The zero-order chi connectivity index (χ0) is 14.4. The lowest BCUT2D eigenvalue weighted by atomic mass is 10.1. The van der Waals surface area contributed by atoms with Crippen LogP contribution in [0.5, 0.6) is 5.75 Å². The number of hydrogen-bond acceptors (Lipinski definition) is 4. The number of nitrogens with one attached hydrogen (secondary N) is 1. The molecule has 0 bridgehead atoms. The monoisotopic (exact) mass is 286 g/mol. The quantitative estimate of drug-likeness (QED) is 0.666. The molecule has 0 aliphatic heterocycles. The van der Waals surface area contributed by atoms with Gasteiger partial charge in [-0.05, 0) is 51.8 Å². The van der Waals surface area contributed by atoms with E-state index in [9.17, 15) is 15.0 Å². The van der Waals surface area contributed by atoms with Crippen molar-refractivity contribution in [2.45, 2.75) is 12.5 Å². The molecule has 1 atom stereocenters. The maximum Gasteiger partial charge on any atom is 0.325 e. The van der Waals surface area contributed by atoms with E-state index in [4.69, 9.17) is 11.6 Å². The first-order chi connectivity index (χ1) is 8.91. The Balaban J connectivity index is 2.72. The number of aliphatic carboxylic acids is 1. The predicted octanol–water partition coefficient (Wildman–Crippen LogP) is 1.71. The molecule has 1 rings (SSSR count). The van der Waals surface area contributed by atoms with Gasteiger partial charge < -0.3 is 20.4 Å². The van der Waals surface area contributed by atoms with E-state index in [1.165, 1.54) is 18.2 Å². The standard InChI is InChI=1S/C13H19ClN2O3/c1-16(2)7-3-6-15-12(13(18)19)10-8-9(14)4-5-11(10)17/h4-5,8,12,15,17H,3,6-7H2,1-2H3,(H,18,19). The van der Waals surface area contributed by atoms with Crippen LogP contribution in [-0.2, 0) is 4.79 Å². The Morgan fingerprint density at radius 1 is 1.47 bits per heavy atom. The van der Waals surface area contributed by atoms with E-state index in [1.54, 1.807) is 0 Å². The number of aromatic hydroxyl groups is 1. The van der Waals surface area contributed by atoms with Gasteiger partial charge in [-0.2, -0.15) is 0 Å². The Morgan fingerprint density at radius 3 is 2.74 bits per heavy atom. The molecule has 0 aliphatic carbocycles. The summed E-state index contributed by atoms with van der Waals surface area (Å²) in [6.07, 6.45) is 0.818. The minimum atomic E-state index is -1.04. The highest BCUT2D eigenvalue weighted by Gasteiger charge is 2.22. The van der Waals surface area contributed by atoms with Crippen LogP contribution < -0.4 is 5.32 Å². The molecule has 1 unspecified atom stereocenters. The van der Waals surface area contributed by atoms with Crippen LogP contribution in [0.3, 0.4) is 0 Å². The second-order valence-corrected chi connectivity index (χ2v) is 5.02. The predicted molar refractivity (Wildman–Crippen MR) is 74.7 cm³/mol. The average molecular weight is 287 g/mol. The second kappa shape index (κ2) is 7.33. The van der Waals surface area contributed by atoms with Crippen molar-refractivity contribution in [3.63, 3.8) is 0 Å². The summed E-state index contributed by atoms with van der Waals surface area (Å²) >= 11 is 5.83. The lowest BCUT2D eigenvalue weighted by Crippen LogP contribution is -2.30. The summed E-state index contributed by atoms with van der Waals surface area (Å²) in [4.78, 5) is 13.3. The minimum absolute atomic E-state index is 0.0723. The maximum atomic E-state index is 11.3. The van der Waals surface area contributed by atoms with Gasteiger partial charge in [-0.15, -0.1) is 0 Å². The molecule has 0 aromatic heterocycles. The van der Waals surface area contributed by atoms with Gasteiger partial charge in [0.05, 0.1) is 0 Å². The molecule has 0 amide bonds. The van der Waals surface area contributed by atoms with Crippen LogP contribution in [0.15, 0.2) is 18.2 Å². The fourth-order valence-electron chi connectivity index (χ4n) is 1.73. The van der Waals surface area contributed by atoms with Crippen LogP contribution in [0, 0.1) is 0 Å². The van der Waals surface area contributed by atoms with Gasteiger partial charge >= 0.3 is 5.97 Å².